The normalized spacial score (nSPS) is 11.4. The highest BCUT2D eigenvalue weighted by Gasteiger charge is 2.11. The number of H-pyrrole nitrogens is 1. The number of halogens is 1. The predicted molar refractivity (Wildman–Crippen MR) is 77.5 cm³/mol. The molecule has 0 amide bonds. The van der Waals surface area contributed by atoms with Crippen LogP contribution in [0.5, 0.6) is 0 Å². The van der Waals surface area contributed by atoms with Gasteiger partial charge in [0.2, 0.25) is 5.28 Å². The third-order valence-electron chi connectivity index (χ3n) is 2.95. The molecule has 4 rings (SSSR count). The van der Waals surface area contributed by atoms with Gasteiger partial charge in [-0.05, 0) is 35.2 Å². The van der Waals surface area contributed by atoms with Crippen LogP contribution in [0, 0.1) is 0 Å². The molecular formula is C13H7ClN4S. The minimum Gasteiger partial charge on any atom is -0.346 e. The first-order valence-corrected chi connectivity index (χ1v) is 6.91. The number of fused-ring (bicyclic) bond motifs is 2. The number of nitrogens with one attached hydrogen (secondary N) is 1. The molecule has 0 spiro atoms. The van der Waals surface area contributed by atoms with E-state index in [1.165, 1.54) is 0 Å². The van der Waals surface area contributed by atoms with Gasteiger partial charge in [0.1, 0.15) is 5.65 Å². The highest BCUT2D eigenvalue weighted by molar-refractivity contribution is 7.17. The van der Waals surface area contributed by atoms with Crippen molar-refractivity contribution in [2.75, 3.05) is 0 Å². The average molecular weight is 287 g/mol. The largest absolute Gasteiger partial charge is 0.346 e. The zero-order valence-corrected chi connectivity index (χ0v) is 11.2. The van der Waals surface area contributed by atoms with E-state index in [2.05, 4.69) is 26.0 Å². The van der Waals surface area contributed by atoms with Crippen molar-refractivity contribution in [2.45, 2.75) is 0 Å². The SMILES string of the molecule is Clc1nc(-c2cnc3[nH]ccc3c2)c2sccc2n1. The lowest BCUT2D eigenvalue weighted by atomic mass is 10.1. The molecule has 0 bridgehead atoms. The molecule has 0 saturated carbocycles. The summed E-state index contributed by atoms with van der Waals surface area (Å²) in [7, 11) is 0. The second kappa shape index (κ2) is 4.01. The first kappa shape index (κ1) is 10.9. The van der Waals surface area contributed by atoms with Gasteiger partial charge in [-0.15, -0.1) is 11.3 Å². The molecule has 4 aromatic rings. The molecule has 0 radical (unpaired) electrons. The second-order valence-corrected chi connectivity index (χ2v) is 5.37. The maximum Gasteiger partial charge on any atom is 0.223 e. The number of nitrogens with zero attached hydrogens (tertiary/aromatic N) is 3. The van der Waals surface area contributed by atoms with Crippen LogP contribution in [0.15, 0.2) is 36.0 Å². The first-order valence-electron chi connectivity index (χ1n) is 5.65. The third-order valence-corrected chi connectivity index (χ3v) is 4.03. The Morgan fingerprint density at radius 1 is 1.21 bits per heavy atom. The lowest BCUT2D eigenvalue weighted by molar-refractivity contribution is 1.22. The molecule has 0 aliphatic rings. The number of hydrogen-bond acceptors (Lipinski definition) is 4. The van der Waals surface area contributed by atoms with Gasteiger partial charge in [-0.25, -0.2) is 15.0 Å². The van der Waals surface area contributed by atoms with Crippen LogP contribution in [0.25, 0.3) is 32.5 Å². The number of aromatic amines is 1. The molecule has 0 unspecified atom stereocenters. The Morgan fingerprint density at radius 2 is 2.16 bits per heavy atom. The van der Waals surface area contributed by atoms with Crippen LogP contribution in [0.4, 0.5) is 0 Å². The number of pyridine rings is 1. The fraction of sp³-hybridized carbons (Fsp3) is 0. The third kappa shape index (κ3) is 1.70. The molecule has 0 atom stereocenters. The van der Waals surface area contributed by atoms with Crippen molar-refractivity contribution in [3.63, 3.8) is 0 Å². The lowest BCUT2D eigenvalue weighted by Gasteiger charge is -2.03. The smallest absolute Gasteiger partial charge is 0.223 e. The Kier molecular flexibility index (Phi) is 2.30. The summed E-state index contributed by atoms with van der Waals surface area (Å²) in [5, 5.41) is 3.30. The maximum atomic E-state index is 5.98. The summed E-state index contributed by atoms with van der Waals surface area (Å²) in [6.45, 7) is 0. The zero-order valence-electron chi connectivity index (χ0n) is 9.59. The Morgan fingerprint density at radius 3 is 3.11 bits per heavy atom. The number of aromatic nitrogens is 4. The Balaban J connectivity index is 2.04. The van der Waals surface area contributed by atoms with E-state index in [1.807, 2.05) is 23.7 Å². The summed E-state index contributed by atoms with van der Waals surface area (Å²) in [6, 6.07) is 5.98. The van der Waals surface area contributed by atoms with Crippen LogP contribution in [-0.2, 0) is 0 Å². The predicted octanol–water partition coefficient (Wildman–Crippen LogP) is 3.89. The van der Waals surface area contributed by atoms with Gasteiger partial charge >= 0.3 is 0 Å². The van der Waals surface area contributed by atoms with Gasteiger partial charge in [0.25, 0.3) is 0 Å². The summed E-state index contributed by atoms with van der Waals surface area (Å²) in [6.07, 6.45) is 3.67. The van der Waals surface area contributed by atoms with Crippen LogP contribution >= 0.6 is 22.9 Å². The van der Waals surface area contributed by atoms with E-state index >= 15 is 0 Å². The summed E-state index contributed by atoms with van der Waals surface area (Å²) < 4.78 is 1.03. The van der Waals surface area contributed by atoms with Crippen molar-refractivity contribution in [2.24, 2.45) is 0 Å². The minimum absolute atomic E-state index is 0.259. The standard InChI is InChI=1S/C13H7ClN4S/c14-13-17-9-2-4-19-11(9)10(18-13)8-5-7-1-3-15-12(7)16-6-8/h1-6H,(H,15,16). The van der Waals surface area contributed by atoms with Crippen molar-refractivity contribution in [1.29, 1.82) is 0 Å². The molecule has 0 saturated heterocycles. The van der Waals surface area contributed by atoms with Crippen LogP contribution in [0.3, 0.4) is 0 Å². The summed E-state index contributed by atoms with van der Waals surface area (Å²) >= 11 is 7.59. The summed E-state index contributed by atoms with van der Waals surface area (Å²) in [5.41, 5.74) is 3.52. The van der Waals surface area contributed by atoms with Gasteiger partial charge in [0.15, 0.2) is 0 Å². The van der Waals surface area contributed by atoms with Crippen molar-refractivity contribution in [3.8, 4) is 11.3 Å². The van der Waals surface area contributed by atoms with Crippen LogP contribution in [0.2, 0.25) is 5.28 Å². The van der Waals surface area contributed by atoms with Gasteiger partial charge in [0.05, 0.1) is 15.9 Å². The highest BCUT2D eigenvalue weighted by atomic mass is 35.5. The van der Waals surface area contributed by atoms with Gasteiger partial charge in [-0.3, -0.25) is 0 Å². The molecule has 0 fully saturated rings. The van der Waals surface area contributed by atoms with Crippen LogP contribution < -0.4 is 0 Å². The molecule has 19 heavy (non-hydrogen) atoms. The maximum absolute atomic E-state index is 5.98. The molecule has 0 aliphatic heterocycles. The Hall–Kier alpha value is -1.98. The zero-order chi connectivity index (χ0) is 12.8. The van der Waals surface area contributed by atoms with E-state index in [-0.39, 0.29) is 5.28 Å². The molecular weight excluding hydrogens is 280 g/mol. The van der Waals surface area contributed by atoms with E-state index in [0.717, 1.165) is 32.5 Å². The first-order chi connectivity index (χ1) is 9.31. The fourth-order valence-corrected chi connectivity index (χ4v) is 3.12. The molecule has 4 heterocycles. The van der Waals surface area contributed by atoms with Gasteiger partial charge < -0.3 is 4.98 Å². The van der Waals surface area contributed by atoms with Crippen molar-refractivity contribution in [1.82, 2.24) is 19.9 Å². The van der Waals surface area contributed by atoms with E-state index in [9.17, 15) is 0 Å². The molecule has 6 heteroatoms. The Labute approximate surface area is 117 Å². The number of rotatable bonds is 1. The summed E-state index contributed by atoms with van der Waals surface area (Å²) in [5.74, 6) is 0. The fourth-order valence-electron chi connectivity index (χ4n) is 2.10. The van der Waals surface area contributed by atoms with Crippen molar-refractivity contribution < 1.29 is 0 Å². The van der Waals surface area contributed by atoms with E-state index in [0.29, 0.717) is 0 Å². The van der Waals surface area contributed by atoms with E-state index < -0.39 is 0 Å². The molecule has 0 aromatic carbocycles. The number of thiophene rings is 1. The second-order valence-electron chi connectivity index (χ2n) is 4.12. The molecule has 4 nitrogen and oxygen atoms in total. The Bertz CT molecular complexity index is 896. The minimum atomic E-state index is 0.259. The molecule has 4 aromatic heterocycles. The average Bonchev–Trinajstić information content (AvgIpc) is 3.04. The quantitative estimate of drug-likeness (QED) is 0.540. The topological polar surface area (TPSA) is 54.5 Å². The van der Waals surface area contributed by atoms with Gasteiger partial charge in [-0.2, -0.15) is 0 Å². The summed E-state index contributed by atoms with van der Waals surface area (Å²) in [4.78, 5) is 16.0. The van der Waals surface area contributed by atoms with Crippen LogP contribution in [-0.4, -0.2) is 19.9 Å². The highest BCUT2D eigenvalue weighted by Crippen LogP contribution is 2.31. The van der Waals surface area contributed by atoms with E-state index in [1.54, 1.807) is 17.5 Å². The van der Waals surface area contributed by atoms with Gasteiger partial charge in [-0.1, -0.05) is 0 Å². The lowest BCUT2D eigenvalue weighted by Crippen LogP contribution is -1.89. The number of hydrogen-bond donors (Lipinski definition) is 1. The molecule has 92 valence electrons. The van der Waals surface area contributed by atoms with E-state index in [4.69, 9.17) is 11.6 Å². The monoisotopic (exact) mass is 286 g/mol. The van der Waals surface area contributed by atoms with Crippen LogP contribution in [0.1, 0.15) is 0 Å². The van der Waals surface area contributed by atoms with Gasteiger partial charge in [0, 0.05) is 23.3 Å². The molecule has 0 aliphatic carbocycles. The van der Waals surface area contributed by atoms with Crippen molar-refractivity contribution in [3.05, 3.63) is 41.3 Å². The molecule has 1 N–H and O–H groups in total. The van der Waals surface area contributed by atoms with Crippen molar-refractivity contribution >= 4 is 44.2 Å².